The second-order valence-electron chi connectivity index (χ2n) is 9.04. The first kappa shape index (κ1) is 29.6. The highest BCUT2D eigenvalue weighted by atomic mass is 35.5. The van der Waals surface area contributed by atoms with Crippen LogP contribution in [0.3, 0.4) is 0 Å². The van der Waals surface area contributed by atoms with E-state index < -0.39 is 73.5 Å². The normalized spacial score (nSPS) is 20.0. The molecule has 2 aliphatic heterocycles. The Morgan fingerprint density at radius 2 is 1.84 bits per heavy atom. The lowest BCUT2D eigenvalue weighted by Crippen LogP contribution is -2.58. The van der Waals surface area contributed by atoms with Crippen LogP contribution >= 0.6 is 12.4 Å². The van der Waals surface area contributed by atoms with Crippen LogP contribution in [-0.4, -0.2) is 68.0 Å². The number of fused-ring (bicyclic) bond motifs is 1. The monoisotopic (exact) mass is 567 g/mol. The predicted molar refractivity (Wildman–Crippen MR) is 123 cm³/mol. The number of halogens is 7. The number of benzene rings is 1. The zero-order valence-electron chi connectivity index (χ0n) is 19.7. The van der Waals surface area contributed by atoms with Crippen LogP contribution in [0.4, 0.5) is 26.3 Å². The van der Waals surface area contributed by atoms with Crippen LogP contribution in [0.15, 0.2) is 24.3 Å². The van der Waals surface area contributed by atoms with Crippen molar-refractivity contribution >= 4 is 24.2 Å². The third kappa shape index (κ3) is 6.18. The first-order chi connectivity index (χ1) is 17.3. The summed E-state index contributed by atoms with van der Waals surface area (Å²) in [4.78, 5) is 34.5. The molecule has 4 rings (SSSR count). The number of amides is 2. The van der Waals surface area contributed by atoms with Crippen LogP contribution < -0.4 is 5.73 Å². The van der Waals surface area contributed by atoms with Crippen molar-refractivity contribution in [3.8, 4) is 11.4 Å². The number of alkyl halides is 5. The molecule has 2 amide bonds. The quantitative estimate of drug-likeness (QED) is 0.538. The molecule has 1 unspecified atom stereocenters. The van der Waals surface area contributed by atoms with Crippen molar-refractivity contribution < 1.29 is 41.0 Å². The molecular weight excluding hydrogens is 544 g/mol. The lowest BCUT2D eigenvalue weighted by molar-refractivity contribution is -0.205. The number of carbonyl (C=O) groups excluding carboxylic acids is 2. The van der Waals surface area contributed by atoms with E-state index in [1.165, 1.54) is 17.0 Å². The van der Waals surface area contributed by atoms with Crippen LogP contribution in [0.25, 0.3) is 11.4 Å². The second kappa shape index (κ2) is 11.0. The maximum atomic E-state index is 13.8. The molecule has 1 aromatic heterocycles. The summed E-state index contributed by atoms with van der Waals surface area (Å²) in [7, 11) is 0. The summed E-state index contributed by atoms with van der Waals surface area (Å²) in [6.07, 6.45) is -9.03. The second-order valence-corrected chi connectivity index (χ2v) is 9.04. The molecule has 0 bridgehead atoms. The molecule has 2 aromatic rings. The number of aliphatic hydroxyl groups is 1. The van der Waals surface area contributed by atoms with E-state index in [-0.39, 0.29) is 54.6 Å². The maximum absolute atomic E-state index is 13.8. The van der Waals surface area contributed by atoms with E-state index in [4.69, 9.17) is 5.73 Å². The minimum Gasteiger partial charge on any atom is -0.368 e. The summed E-state index contributed by atoms with van der Waals surface area (Å²) in [6.45, 7) is -0.880. The van der Waals surface area contributed by atoms with Crippen LogP contribution in [-0.2, 0) is 28.7 Å². The van der Waals surface area contributed by atoms with Crippen molar-refractivity contribution in [1.82, 2.24) is 19.8 Å². The van der Waals surface area contributed by atoms with E-state index in [0.29, 0.717) is 4.90 Å². The fourth-order valence-electron chi connectivity index (χ4n) is 4.39. The van der Waals surface area contributed by atoms with E-state index >= 15 is 0 Å². The highest BCUT2D eigenvalue weighted by Crippen LogP contribution is 2.36. The van der Waals surface area contributed by atoms with Gasteiger partial charge in [-0.25, -0.2) is 23.1 Å². The molecule has 2 aliphatic rings. The van der Waals surface area contributed by atoms with Crippen LogP contribution in [0.2, 0.25) is 0 Å². The molecule has 8 nitrogen and oxygen atoms in total. The summed E-state index contributed by atoms with van der Waals surface area (Å²) in [6, 6.07) is 3.49. The highest BCUT2D eigenvalue weighted by Gasteiger charge is 2.48. The zero-order chi connectivity index (χ0) is 27.1. The Morgan fingerprint density at radius 1 is 1.18 bits per heavy atom. The molecule has 208 valence electrons. The van der Waals surface area contributed by atoms with Crippen LogP contribution in [0.1, 0.15) is 36.2 Å². The molecule has 1 saturated heterocycles. The van der Waals surface area contributed by atoms with E-state index in [2.05, 4.69) is 9.97 Å². The van der Waals surface area contributed by atoms with Gasteiger partial charge in [-0.15, -0.1) is 12.4 Å². The van der Waals surface area contributed by atoms with Gasteiger partial charge in [0.15, 0.2) is 17.7 Å². The van der Waals surface area contributed by atoms with Crippen molar-refractivity contribution in [2.24, 2.45) is 5.73 Å². The van der Waals surface area contributed by atoms with Gasteiger partial charge < -0.3 is 20.6 Å². The van der Waals surface area contributed by atoms with Crippen LogP contribution in [0.5, 0.6) is 0 Å². The Labute approximate surface area is 219 Å². The minimum absolute atomic E-state index is 0. The molecule has 3 N–H and O–H groups in total. The minimum atomic E-state index is -4.79. The molecule has 0 spiro atoms. The number of rotatable bonds is 5. The molecule has 3 heterocycles. The van der Waals surface area contributed by atoms with Gasteiger partial charge in [-0.05, 0) is 30.7 Å². The summed E-state index contributed by atoms with van der Waals surface area (Å²) in [5, 5.41) is 9.81. The number of hydrogen-bond donors (Lipinski definition) is 2. The SMILES string of the molecule is Cl.N[C@H](CC(=O)N1CCc2c(nc(-c3ccc(F)cc3)nc2C(F)(F)F)C1)CN1C(=O)CCC(F)(F)C1O. The van der Waals surface area contributed by atoms with Gasteiger partial charge in [0.25, 0.3) is 5.92 Å². The lowest BCUT2D eigenvalue weighted by atomic mass is 10.0. The van der Waals surface area contributed by atoms with Gasteiger partial charge in [-0.2, -0.15) is 13.2 Å². The van der Waals surface area contributed by atoms with E-state index in [1.54, 1.807) is 0 Å². The average Bonchev–Trinajstić information content (AvgIpc) is 2.83. The fraction of sp³-hybridized carbons (Fsp3) is 0.478. The Kier molecular flexibility index (Phi) is 8.58. The number of aliphatic hydroxyl groups excluding tert-OH is 1. The van der Waals surface area contributed by atoms with Gasteiger partial charge in [0.1, 0.15) is 5.82 Å². The molecule has 0 saturated carbocycles. The summed E-state index contributed by atoms with van der Waals surface area (Å²) in [5.41, 5.74) is 4.74. The highest BCUT2D eigenvalue weighted by molar-refractivity contribution is 5.85. The number of hydrogen-bond acceptors (Lipinski definition) is 6. The summed E-state index contributed by atoms with van der Waals surface area (Å²) >= 11 is 0. The van der Waals surface area contributed by atoms with Gasteiger partial charge in [0.05, 0.1) is 12.2 Å². The number of carbonyl (C=O) groups is 2. The van der Waals surface area contributed by atoms with Crippen LogP contribution in [0, 0.1) is 5.82 Å². The molecule has 1 aromatic carbocycles. The molecule has 0 aliphatic carbocycles. The van der Waals surface area contributed by atoms with E-state index in [1.807, 2.05) is 0 Å². The third-order valence-corrected chi connectivity index (χ3v) is 6.32. The maximum Gasteiger partial charge on any atom is 0.433 e. The molecule has 38 heavy (non-hydrogen) atoms. The molecular formula is C23H24ClF6N5O3. The number of nitrogens with zero attached hydrogens (tertiary/aromatic N) is 4. The Morgan fingerprint density at radius 3 is 2.47 bits per heavy atom. The van der Waals surface area contributed by atoms with Crippen molar-refractivity contribution in [3.05, 3.63) is 47.0 Å². The predicted octanol–water partition coefficient (Wildman–Crippen LogP) is 2.90. The van der Waals surface area contributed by atoms with Gasteiger partial charge in [0, 0.05) is 49.5 Å². The molecule has 1 fully saturated rings. The van der Waals surface area contributed by atoms with Crippen molar-refractivity contribution in [2.45, 2.75) is 56.6 Å². The summed E-state index contributed by atoms with van der Waals surface area (Å²) in [5.74, 6) is -5.69. The fourth-order valence-corrected chi connectivity index (χ4v) is 4.39. The standard InChI is InChI=1S/C23H23F6N5O3.ClH/c24-13-3-1-12(2-4-13)20-31-16-11-33(8-6-15(16)19(32-20)23(27,28)29)18(36)9-14(30)10-34-17(35)5-7-22(25,26)21(34)37;/h1-4,14,21,37H,5-11,30H2;1H/t14-,21?;/m1./s1. The topological polar surface area (TPSA) is 113 Å². The van der Waals surface area contributed by atoms with Crippen molar-refractivity contribution in [3.63, 3.8) is 0 Å². The summed E-state index contributed by atoms with van der Waals surface area (Å²) < 4.78 is 82.1. The molecule has 2 atom stereocenters. The lowest BCUT2D eigenvalue weighted by Gasteiger charge is -2.38. The van der Waals surface area contributed by atoms with Gasteiger partial charge in [-0.3, -0.25) is 9.59 Å². The largest absolute Gasteiger partial charge is 0.433 e. The number of piperidine rings is 1. The van der Waals surface area contributed by atoms with Crippen molar-refractivity contribution in [2.75, 3.05) is 13.1 Å². The van der Waals surface area contributed by atoms with Gasteiger partial charge >= 0.3 is 6.18 Å². The van der Waals surface area contributed by atoms with Crippen molar-refractivity contribution in [1.29, 1.82) is 0 Å². The number of aromatic nitrogens is 2. The first-order valence-electron chi connectivity index (χ1n) is 11.4. The van der Waals surface area contributed by atoms with E-state index in [9.17, 15) is 41.0 Å². The molecule has 0 radical (unpaired) electrons. The average molecular weight is 568 g/mol. The molecule has 15 heteroatoms. The Hall–Kier alpha value is -2.97. The first-order valence-corrected chi connectivity index (χ1v) is 11.4. The number of likely N-dealkylation sites (tertiary alicyclic amines) is 1. The number of nitrogens with two attached hydrogens (primary N) is 1. The van der Waals surface area contributed by atoms with E-state index in [0.717, 1.165) is 12.1 Å². The van der Waals surface area contributed by atoms with Gasteiger partial charge in [0.2, 0.25) is 11.8 Å². The van der Waals surface area contributed by atoms with Gasteiger partial charge in [-0.1, -0.05) is 0 Å². The zero-order valence-corrected chi connectivity index (χ0v) is 20.5. The Bertz CT molecular complexity index is 1200. The Balaban J connectivity index is 0.00000400. The third-order valence-electron chi connectivity index (χ3n) is 6.32. The smallest absolute Gasteiger partial charge is 0.368 e.